The van der Waals surface area contributed by atoms with E-state index in [-0.39, 0.29) is 45.1 Å². The molecule has 0 nitrogen and oxygen atoms in total. The Labute approximate surface area is 62.2 Å². The van der Waals surface area contributed by atoms with Crippen LogP contribution in [-0.2, 0) is 0 Å². The van der Waals surface area contributed by atoms with E-state index in [0.29, 0.717) is 0 Å². The maximum atomic E-state index is 2.14. The number of hydrogen-bond donors (Lipinski definition) is 0. The van der Waals surface area contributed by atoms with Gasteiger partial charge in [0.1, 0.15) is 0 Å². The molecule has 22 valence electrons. The third-order valence-corrected chi connectivity index (χ3v) is 0. The zero-order chi connectivity index (χ0) is 2.00. The Morgan fingerprint density at radius 1 is 1.25 bits per heavy atom. The second-order valence-electron chi connectivity index (χ2n) is 0. The molecule has 0 aliphatic carbocycles. The average molecular weight is 264 g/mol. The molecule has 0 aromatic heterocycles. The van der Waals surface area contributed by atoms with Crippen LogP contribution in [-0.4, -0.2) is 62.6 Å². The van der Waals surface area contributed by atoms with Crippen LogP contribution in [0.4, 0.5) is 0 Å². The van der Waals surface area contributed by atoms with Gasteiger partial charge in [-0.2, -0.15) is 0 Å². The Hall–Kier alpha value is 1.76. The molecule has 0 unspecified atom stereocenters. The van der Waals surface area contributed by atoms with Crippen LogP contribution in [0.1, 0.15) is 0 Å². The molecular formula is H9BBiLiSi. The van der Waals surface area contributed by atoms with Gasteiger partial charge in [0.25, 0.3) is 0 Å². The fourth-order valence-corrected chi connectivity index (χ4v) is 0. The predicted octanol–water partition coefficient (Wildman–Crippen LogP) is -3.93. The summed E-state index contributed by atoms with van der Waals surface area (Å²) in [4.78, 5) is 0. The molecule has 0 aliphatic heterocycles. The fraction of sp³-hybridized carbons (Fsp3) is 0. The molecule has 0 saturated heterocycles. The van der Waals surface area contributed by atoms with Gasteiger partial charge < -0.3 is 0 Å². The second-order valence-corrected chi connectivity index (χ2v) is 0. The van der Waals surface area contributed by atoms with Gasteiger partial charge in [-0.1, -0.05) is 0 Å². The molecule has 0 N–H and O–H groups in total. The fourth-order valence-electron chi connectivity index (χ4n) is 0. The van der Waals surface area contributed by atoms with Crippen molar-refractivity contribution in [1.82, 2.24) is 0 Å². The standard InChI is InChI=1S/BH5Si.Bi.Li.4H/c1-2;;;;;;/h1H2,2H3;;;;;;. The molecule has 4 heavy (non-hydrogen) atoms. The SMILES string of the molecule is B[SiH3].[BiH3].[LiH]. The van der Waals surface area contributed by atoms with Gasteiger partial charge in [0.05, 0.1) is 7.44 Å². The molecule has 0 saturated carbocycles. The summed E-state index contributed by atoms with van der Waals surface area (Å²) < 4.78 is 0. The Morgan fingerprint density at radius 3 is 1.25 bits per heavy atom. The minimum atomic E-state index is 0. The molecule has 4 heteroatoms. The van der Waals surface area contributed by atoms with Crippen LogP contribution in [0.2, 0.25) is 0 Å². The van der Waals surface area contributed by atoms with Crippen LogP contribution in [0, 0.1) is 0 Å². The average Bonchev–Trinajstić information content (AvgIpc) is 1.00. The van der Waals surface area contributed by atoms with E-state index in [9.17, 15) is 0 Å². The topological polar surface area (TPSA) is 0 Å². The molecule has 0 heterocycles. The predicted molar refractivity (Wildman–Crippen MR) is 35.6 cm³/mol. The maximum absolute atomic E-state index is 2.14. The van der Waals surface area contributed by atoms with Gasteiger partial charge >= 0.3 is 45.1 Å². The van der Waals surface area contributed by atoms with Gasteiger partial charge in [-0.05, 0) is 10.1 Å². The summed E-state index contributed by atoms with van der Waals surface area (Å²) in [5.74, 6) is 0. The summed E-state index contributed by atoms with van der Waals surface area (Å²) >= 11 is 0. The number of rotatable bonds is 0. The van der Waals surface area contributed by atoms with Crippen molar-refractivity contribution in [2.24, 2.45) is 0 Å². The second kappa shape index (κ2) is 21.7. The van der Waals surface area contributed by atoms with E-state index in [0.717, 1.165) is 0 Å². The Morgan fingerprint density at radius 2 is 1.25 bits per heavy atom. The first-order valence-corrected chi connectivity index (χ1v) is 3.00. The van der Waals surface area contributed by atoms with Crippen molar-refractivity contribution in [3.05, 3.63) is 0 Å². The van der Waals surface area contributed by atoms with Crippen molar-refractivity contribution in [3.8, 4) is 0 Å². The molecule has 0 rings (SSSR count). The summed E-state index contributed by atoms with van der Waals surface area (Å²) in [6.45, 7) is 0. The van der Waals surface area contributed by atoms with E-state index in [1.54, 1.807) is 0 Å². The number of hydrogen-bond acceptors (Lipinski definition) is 0. The quantitative estimate of drug-likeness (QED) is 0.392. The molecule has 0 spiro atoms. The Balaban J connectivity index is -0.00000000500. The Kier molecular flexibility index (Phi) is 92.9. The molecule has 0 bridgehead atoms. The van der Waals surface area contributed by atoms with Gasteiger partial charge in [0.2, 0.25) is 0 Å². The molecular weight excluding hydrogens is 255 g/mol. The first-order chi connectivity index (χ1) is 1.00. The zero-order valence-electron chi connectivity index (χ0n) is 2.71. The van der Waals surface area contributed by atoms with Crippen molar-refractivity contribution in [3.63, 3.8) is 0 Å². The summed E-state index contributed by atoms with van der Waals surface area (Å²) in [6, 6.07) is 0. The molecule has 0 radical (unpaired) electrons. The monoisotopic (exact) mass is 264 g/mol. The minimum absolute atomic E-state index is 0. The summed E-state index contributed by atoms with van der Waals surface area (Å²) in [5, 5.41) is 0. The Bertz CT molecular complexity index is 8.00. The van der Waals surface area contributed by atoms with E-state index in [4.69, 9.17) is 0 Å². The molecule has 0 atom stereocenters. The molecule has 0 fully saturated rings. The summed E-state index contributed by atoms with van der Waals surface area (Å²) in [7, 11) is 3.44. The first kappa shape index (κ1) is 17.1. The van der Waals surface area contributed by atoms with Crippen LogP contribution in [0.5, 0.6) is 0 Å². The van der Waals surface area contributed by atoms with Crippen molar-refractivity contribution in [1.29, 1.82) is 0 Å². The normalized spacial score (nSPS) is 2.00. The van der Waals surface area contributed by atoms with E-state index < -0.39 is 0 Å². The van der Waals surface area contributed by atoms with Crippen LogP contribution in [0.15, 0.2) is 0 Å². The van der Waals surface area contributed by atoms with Gasteiger partial charge in [-0.25, -0.2) is 0 Å². The molecule has 0 aliphatic rings. The van der Waals surface area contributed by atoms with Crippen LogP contribution in [0.25, 0.3) is 0 Å². The third-order valence-electron chi connectivity index (χ3n) is 0. The van der Waals surface area contributed by atoms with E-state index in [2.05, 4.69) is 7.44 Å². The summed E-state index contributed by atoms with van der Waals surface area (Å²) in [6.07, 6.45) is 0. The van der Waals surface area contributed by atoms with E-state index >= 15 is 0 Å². The first-order valence-electron chi connectivity index (χ1n) is 1.00. The summed E-state index contributed by atoms with van der Waals surface area (Å²) in [5.41, 5.74) is 0. The van der Waals surface area contributed by atoms with Gasteiger partial charge in [-0.15, -0.1) is 0 Å². The third kappa shape index (κ3) is 9.24. The van der Waals surface area contributed by atoms with Crippen molar-refractivity contribution < 1.29 is 0 Å². The van der Waals surface area contributed by atoms with Crippen molar-refractivity contribution in [2.45, 2.75) is 0 Å². The van der Waals surface area contributed by atoms with Gasteiger partial charge in [0, 0.05) is 0 Å². The van der Waals surface area contributed by atoms with Crippen molar-refractivity contribution in [2.75, 3.05) is 0 Å². The molecule has 0 aromatic carbocycles. The van der Waals surface area contributed by atoms with Gasteiger partial charge in [-0.3, -0.25) is 0 Å². The molecule has 0 aromatic rings. The van der Waals surface area contributed by atoms with E-state index in [1.165, 1.54) is 10.1 Å². The van der Waals surface area contributed by atoms with Crippen LogP contribution < -0.4 is 0 Å². The molecule has 0 amide bonds. The van der Waals surface area contributed by atoms with Gasteiger partial charge in [0.15, 0.2) is 0 Å². The zero-order valence-corrected chi connectivity index (χ0v) is 10.2. The van der Waals surface area contributed by atoms with Crippen molar-refractivity contribution >= 4 is 62.6 Å². The van der Waals surface area contributed by atoms with E-state index in [1.807, 2.05) is 0 Å². The van der Waals surface area contributed by atoms with Crippen LogP contribution >= 0.6 is 0 Å². The van der Waals surface area contributed by atoms with Crippen LogP contribution in [0.3, 0.4) is 0 Å².